The van der Waals surface area contributed by atoms with Crippen LogP contribution in [0.2, 0.25) is 5.02 Å². The number of hydrogen-bond donors (Lipinski definition) is 0. The normalized spacial score (nSPS) is 15.4. The van der Waals surface area contributed by atoms with Gasteiger partial charge in [0.2, 0.25) is 5.91 Å². The molecule has 0 aliphatic carbocycles. The molecule has 216 valence electrons. The maximum Gasteiger partial charge on any atom is 0.355 e. The van der Waals surface area contributed by atoms with Crippen LogP contribution in [0.1, 0.15) is 48.2 Å². The van der Waals surface area contributed by atoms with Crippen molar-refractivity contribution in [2.45, 2.75) is 39.7 Å². The number of carbonyl (C=O) groups excluding carboxylic acids is 2. The molecule has 1 aliphatic heterocycles. The van der Waals surface area contributed by atoms with Crippen LogP contribution in [-0.2, 0) is 4.79 Å². The second kappa shape index (κ2) is 11.5. The summed E-state index contributed by atoms with van der Waals surface area (Å²) >= 11 is 6.77. The SMILES string of the molecule is C=CC(=O)N1CCN(c2nc(=O)n(-c3c(C)cc(C=O)cc3C(C)C)c3nc(-c4ccccc4F)c(Cl)cc23)[C@@H](C)C1. The number of aromatic nitrogens is 3. The molecular formula is C32H31ClFN5O3. The molecule has 1 amide bonds. The fraction of sp³-hybridized carbons (Fsp3) is 0.281. The summed E-state index contributed by atoms with van der Waals surface area (Å²) in [7, 11) is 0. The molecule has 8 nitrogen and oxygen atoms in total. The standard InChI is InChI=1S/C32H31ClFN5O3/c1-6-27(41)37-11-12-38(20(5)16-37)30-24-15-25(33)28(22-9-7-8-10-26(22)34)35-31(24)39(32(42)36-30)29-19(4)13-21(17-40)14-23(29)18(2)3/h6-10,13-15,17-18,20H,1,11-12,16H2,2-5H3/t20-/m0/s1. The van der Waals surface area contributed by atoms with E-state index in [0.717, 1.165) is 11.8 Å². The minimum absolute atomic E-state index is 0.0472. The molecule has 10 heteroatoms. The molecule has 2 aromatic carbocycles. The van der Waals surface area contributed by atoms with Gasteiger partial charge in [0.05, 0.1) is 21.8 Å². The van der Waals surface area contributed by atoms with E-state index < -0.39 is 11.5 Å². The zero-order valence-corrected chi connectivity index (χ0v) is 24.7. The van der Waals surface area contributed by atoms with Crippen LogP contribution in [0.5, 0.6) is 0 Å². The maximum absolute atomic E-state index is 15.0. The number of anilines is 1. The Morgan fingerprint density at radius 2 is 1.90 bits per heavy atom. The Hall–Kier alpha value is -4.37. The zero-order chi connectivity index (χ0) is 30.3. The first-order valence-corrected chi connectivity index (χ1v) is 14.1. The summed E-state index contributed by atoms with van der Waals surface area (Å²) in [6.45, 7) is 12.6. The lowest BCUT2D eigenvalue weighted by Gasteiger charge is -2.40. The third kappa shape index (κ3) is 5.09. The average Bonchev–Trinajstić information content (AvgIpc) is 2.96. The van der Waals surface area contributed by atoms with Crippen molar-refractivity contribution >= 4 is 40.6 Å². The van der Waals surface area contributed by atoms with E-state index in [1.165, 1.54) is 16.7 Å². The fourth-order valence-electron chi connectivity index (χ4n) is 5.62. The van der Waals surface area contributed by atoms with Crippen molar-refractivity contribution in [1.29, 1.82) is 0 Å². The topological polar surface area (TPSA) is 88.4 Å². The second-order valence-corrected chi connectivity index (χ2v) is 11.2. The van der Waals surface area contributed by atoms with Gasteiger partial charge in [-0.1, -0.05) is 44.2 Å². The van der Waals surface area contributed by atoms with E-state index in [-0.39, 0.29) is 39.8 Å². The summed E-state index contributed by atoms with van der Waals surface area (Å²) in [4.78, 5) is 51.1. The first kappa shape index (κ1) is 29.1. The molecular weight excluding hydrogens is 557 g/mol. The van der Waals surface area contributed by atoms with E-state index in [4.69, 9.17) is 16.6 Å². The summed E-state index contributed by atoms with van der Waals surface area (Å²) in [6.07, 6.45) is 2.06. The molecule has 4 aromatic rings. The van der Waals surface area contributed by atoms with E-state index in [0.29, 0.717) is 47.7 Å². The molecule has 42 heavy (non-hydrogen) atoms. The van der Waals surface area contributed by atoms with E-state index in [9.17, 15) is 18.8 Å². The number of benzene rings is 2. The number of rotatable bonds is 6. The van der Waals surface area contributed by atoms with Crippen LogP contribution < -0.4 is 10.6 Å². The molecule has 3 heterocycles. The summed E-state index contributed by atoms with van der Waals surface area (Å²) in [5.74, 6) is -0.328. The molecule has 1 saturated heterocycles. The van der Waals surface area contributed by atoms with Crippen LogP contribution in [0.25, 0.3) is 28.0 Å². The number of pyridine rings is 1. The van der Waals surface area contributed by atoms with Crippen LogP contribution in [0.3, 0.4) is 0 Å². The van der Waals surface area contributed by atoms with Gasteiger partial charge in [-0.15, -0.1) is 0 Å². The van der Waals surface area contributed by atoms with E-state index in [1.54, 1.807) is 41.3 Å². The molecule has 0 saturated carbocycles. The minimum atomic E-state index is -0.576. The summed E-state index contributed by atoms with van der Waals surface area (Å²) < 4.78 is 16.4. The second-order valence-electron chi connectivity index (χ2n) is 10.8. The van der Waals surface area contributed by atoms with Crippen molar-refractivity contribution in [2.75, 3.05) is 24.5 Å². The predicted molar refractivity (Wildman–Crippen MR) is 163 cm³/mol. The number of halogens is 2. The van der Waals surface area contributed by atoms with Crippen LogP contribution in [0.4, 0.5) is 10.2 Å². The van der Waals surface area contributed by atoms with E-state index in [2.05, 4.69) is 11.6 Å². The van der Waals surface area contributed by atoms with Gasteiger partial charge in [-0.05, 0) is 67.3 Å². The van der Waals surface area contributed by atoms with Gasteiger partial charge in [0.1, 0.15) is 17.9 Å². The Morgan fingerprint density at radius 1 is 1.17 bits per heavy atom. The van der Waals surface area contributed by atoms with Crippen molar-refractivity contribution in [3.8, 4) is 16.9 Å². The maximum atomic E-state index is 15.0. The third-order valence-corrected chi connectivity index (χ3v) is 7.94. The van der Waals surface area contributed by atoms with Gasteiger partial charge >= 0.3 is 5.69 Å². The van der Waals surface area contributed by atoms with E-state index in [1.807, 2.05) is 32.6 Å². The molecule has 0 bridgehead atoms. The molecule has 0 N–H and O–H groups in total. The molecule has 0 spiro atoms. The Kier molecular flexibility index (Phi) is 7.97. The Labute approximate surface area is 248 Å². The van der Waals surface area contributed by atoms with Crippen molar-refractivity contribution < 1.29 is 14.0 Å². The average molecular weight is 588 g/mol. The molecule has 0 unspecified atom stereocenters. The predicted octanol–water partition coefficient (Wildman–Crippen LogP) is 5.71. The smallest absolute Gasteiger partial charge is 0.350 e. The molecule has 5 rings (SSSR count). The summed E-state index contributed by atoms with van der Waals surface area (Å²) in [5.41, 5.74) is 2.58. The van der Waals surface area contributed by atoms with Crippen LogP contribution in [0.15, 0.2) is 59.9 Å². The molecule has 1 aliphatic rings. The summed E-state index contributed by atoms with van der Waals surface area (Å²) in [6, 6.07) is 11.1. The van der Waals surface area contributed by atoms with E-state index >= 15 is 0 Å². The number of fused-ring (bicyclic) bond motifs is 1. The highest BCUT2D eigenvalue weighted by molar-refractivity contribution is 6.33. The van der Waals surface area contributed by atoms with Crippen LogP contribution >= 0.6 is 11.6 Å². The first-order valence-electron chi connectivity index (χ1n) is 13.7. The van der Waals surface area contributed by atoms with Gasteiger partial charge in [0.25, 0.3) is 0 Å². The highest BCUT2D eigenvalue weighted by Crippen LogP contribution is 2.36. The van der Waals surface area contributed by atoms with Crippen LogP contribution in [0, 0.1) is 12.7 Å². The third-order valence-electron chi connectivity index (χ3n) is 7.65. The van der Waals surface area contributed by atoms with Crippen molar-refractivity contribution in [3.63, 3.8) is 0 Å². The number of aldehydes is 1. The van der Waals surface area contributed by atoms with Gasteiger partial charge in [-0.2, -0.15) is 4.98 Å². The van der Waals surface area contributed by atoms with Gasteiger partial charge in [0.15, 0.2) is 5.65 Å². The minimum Gasteiger partial charge on any atom is -0.350 e. The Morgan fingerprint density at radius 3 is 2.55 bits per heavy atom. The Bertz CT molecular complexity index is 1800. The first-order chi connectivity index (χ1) is 20.0. The Balaban J connectivity index is 1.83. The highest BCUT2D eigenvalue weighted by Gasteiger charge is 2.30. The monoisotopic (exact) mass is 587 g/mol. The quantitative estimate of drug-likeness (QED) is 0.212. The zero-order valence-electron chi connectivity index (χ0n) is 23.9. The molecule has 2 aromatic heterocycles. The van der Waals surface area contributed by atoms with Crippen molar-refractivity contribution in [3.05, 3.63) is 93.1 Å². The highest BCUT2D eigenvalue weighted by atomic mass is 35.5. The fourth-order valence-corrected chi connectivity index (χ4v) is 5.87. The van der Waals surface area contributed by atoms with Gasteiger partial charge in [-0.25, -0.2) is 18.7 Å². The van der Waals surface area contributed by atoms with Crippen molar-refractivity contribution in [1.82, 2.24) is 19.4 Å². The number of carbonyl (C=O) groups is 2. The number of piperazine rings is 1. The molecule has 1 fully saturated rings. The van der Waals surface area contributed by atoms with Crippen LogP contribution in [-0.4, -0.2) is 57.3 Å². The number of amides is 1. The largest absolute Gasteiger partial charge is 0.355 e. The van der Waals surface area contributed by atoms with Gasteiger partial charge in [0, 0.05) is 36.8 Å². The van der Waals surface area contributed by atoms with Gasteiger partial charge < -0.3 is 9.80 Å². The lowest BCUT2D eigenvalue weighted by atomic mass is 9.95. The van der Waals surface area contributed by atoms with Crippen molar-refractivity contribution in [2.24, 2.45) is 0 Å². The lowest BCUT2D eigenvalue weighted by Crippen LogP contribution is -2.54. The summed E-state index contributed by atoms with van der Waals surface area (Å²) in [5, 5.41) is 0.703. The molecule has 0 radical (unpaired) electrons. The number of aryl methyl sites for hydroxylation is 1. The molecule has 1 atom stereocenters. The lowest BCUT2D eigenvalue weighted by molar-refractivity contribution is -0.126. The van der Waals surface area contributed by atoms with Gasteiger partial charge in [-0.3, -0.25) is 9.59 Å². The number of hydrogen-bond acceptors (Lipinski definition) is 6. The number of nitrogens with zero attached hydrogens (tertiary/aromatic N) is 5.